The zero-order chi connectivity index (χ0) is 23.8. The number of esters is 1. The van der Waals surface area contributed by atoms with Crippen molar-refractivity contribution >= 4 is 27.6 Å². The molecule has 10 nitrogen and oxygen atoms in total. The van der Waals surface area contributed by atoms with Crippen LogP contribution in [0.2, 0.25) is 0 Å². The number of morpholine rings is 1. The van der Waals surface area contributed by atoms with Crippen molar-refractivity contribution in [3.63, 3.8) is 0 Å². The van der Waals surface area contributed by atoms with Crippen LogP contribution in [0.5, 0.6) is 11.5 Å². The van der Waals surface area contributed by atoms with Crippen molar-refractivity contribution in [2.24, 2.45) is 0 Å². The van der Waals surface area contributed by atoms with Crippen LogP contribution in [0.4, 0.5) is 5.69 Å². The first-order valence-corrected chi connectivity index (χ1v) is 11.6. The molecule has 178 valence electrons. The number of carbonyl (C=O) groups excluding carboxylic acids is 2. The molecule has 0 spiro atoms. The molecule has 2 aromatic carbocycles. The Hall–Kier alpha value is -3.15. The van der Waals surface area contributed by atoms with Gasteiger partial charge in [0.05, 0.1) is 25.2 Å². The maximum absolute atomic E-state index is 13.0. The van der Waals surface area contributed by atoms with E-state index in [2.05, 4.69) is 5.32 Å². The molecule has 3 rings (SSSR count). The number of amides is 1. The van der Waals surface area contributed by atoms with Crippen LogP contribution in [0.1, 0.15) is 5.56 Å². The van der Waals surface area contributed by atoms with E-state index in [4.69, 9.17) is 18.9 Å². The summed E-state index contributed by atoms with van der Waals surface area (Å²) in [6.45, 7) is 1.99. The summed E-state index contributed by atoms with van der Waals surface area (Å²) < 4.78 is 47.7. The lowest BCUT2D eigenvalue weighted by Gasteiger charge is -2.26. The largest absolute Gasteiger partial charge is 0.497 e. The second-order valence-corrected chi connectivity index (χ2v) is 9.08. The molecule has 0 unspecified atom stereocenters. The van der Waals surface area contributed by atoms with E-state index >= 15 is 0 Å². The number of nitrogens with zero attached hydrogens (tertiary/aromatic N) is 1. The third-order valence-electron chi connectivity index (χ3n) is 4.84. The molecule has 11 heteroatoms. The highest BCUT2D eigenvalue weighted by molar-refractivity contribution is 7.89. The van der Waals surface area contributed by atoms with E-state index in [1.807, 2.05) is 0 Å². The molecule has 1 N–H and O–H groups in total. The molecule has 0 radical (unpaired) electrons. The highest BCUT2D eigenvalue weighted by atomic mass is 32.2. The summed E-state index contributed by atoms with van der Waals surface area (Å²) in [7, 11) is -2.18. The Balaban J connectivity index is 1.52. The second kappa shape index (κ2) is 11.1. The SMILES string of the molecule is COc1ccc(OCC(=O)OCC(=O)Nc2ccc(C)c(S(=O)(=O)N3CCOCC3)c2)cc1. The van der Waals surface area contributed by atoms with Gasteiger partial charge in [0.15, 0.2) is 13.2 Å². The minimum Gasteiger partial charge on any atom is -0.497 e. The van der Waals surface area contributed by atoms with Crippen molar-refractivity contribution < 1.29 is 37.0 Å². The van der Waals surface area contributed by atoms with Gasteiger partial charge in [-0.2, -0.15) is 4.31 Å². The van der Waals surface area contributed by atoms with Gasteiger partial charge < -0.3 is 24.3 Å². The summed E-state index contributed by atoms with van der Waals surface area (Å²) in [6.07, 6.45) is 0. The lowest BCUT2D eigenvalue weighted by atomic mass is 10.2. The number of ether oxygens (including phenoxy) is 4. The number of nitrogens with one attached hydrogen (secondary N) is 1. The van der Waals surface area contributed by atoms with Gasteiger partial charge in [-0.15, -0.1) is 0 Å². The molecule has 0 atom stereocenters. The maximum Gasteiger partial charge on any atom is 0.344 e. The Labute approximate surface area is 192 Å². The van der Waals surface area contributed by atoms with Crippen molar-refractivity contribution in [3.8, 4) is 11.5 Å². The van der Waals surface area contributed by atoms with Crippen molar-refractivity contribution in [1.29, 1.82) is 0 Å². The topological polar surface area (TPSA) is 120 Å². The van der Waals surface area contributed by atoms with E-state index in [0.29, 0.717) is 30.3 Å². The van der Waals surface area contributed by atoms with E-state index in [9.17, 15) is 18.0 Å². The maximum atomic E-state index is 13.0. The van der Waals surface area contributed by atoms with E-state index in [1.165, 1.54) is 10.4 Å². The fourth-order valence-corrected chi connectivity index (χ4v) is 4.74. The highest BCUT2D eigenvalue weighted by Gasteiger charge is 2.28. The molecule has 0 saturated carbocycles. The Morgan fingerprint density at radius 1 is 1.03 bits per heavy atom. The van der Waals surface area contributed by atoms with Gasteiger partial charge in [-0.25, -0.2) is 13.2 Å². The van der Waals surface area contributed by atoms with Gasteiger partial charge in [-0.1, -0.05) is 6.07 Å². The smallest absolute Gasteiger partial charge is 0.344 e. The number of methoxy groups -OCH3 is 1. The number of rotatable bonds is 9. The van der Waals surface area contributed by atoms with Gasteiger partial charge in [0, 0.05) is 18.8 Å². The normalized spacial score (nSPS) is 14.4. The standard InChI is InChI=1S/C22H26N2O8S/c1-16-3-4-17(13-20(16)33(27,28)24-9-11-30-12-10-24)23-21(25)14-32-22(26)15-31-19-7-5-18(29-2)6-8-19/h3-8,13H,9-12,14-15H2,1-2H3,(H,23,25). The molecule has 1 aliphatic rings. The third kappa shape index (κ3) is 6.67. The number of anilines is 1. The molecule has 1 aliphatic heterocycles. The van der Waals surface area contributed by atoms with Gasteiger partial charge in [0.2, 0.25) is 10.0 Å². The fraction of sp³-hybridized carbons (Fsp3) is 0.364. The molecule has 0 aromatic heterocycles. The van der Waals surface area contributed by atoms with Crippen LogP contribution >= 0.6 is 0 Å². The first-order chi connectivity index (χ1) is 15.8. The van der Waals surface area contributed by atoms with Gasteiger partial charge >= 0.3 is 5.97 Å². The zero-order valence-corrected chi connectivity index (χ0v) is 19.2. The summed E-state index contributed by atoms with van der Waals surface area (Å²) in [4.78, 5) is 24.1. The molecule has 2 aromatic rings. The zero-order valence-electron chi connectivity index (χ0n) is 18.4. The first kappa shape index (κ1) is 24.5. The minimum atomic E-state index is -3.72. The predicted molar refractivity (Wildman–Crippen MR) is 119 cm³/mol. The van der Waals surface area contributed by atoms with Crippen LogP contribution in [-0.2, 0) is 29.1 Å². The lowest BCUT2D eigenvalue weighted by Crippen LogP contribution is -2.40. The number of carbonyl (C=O) groups is 2. The van der Waals surface area contributed by atoms with Crippen LogP contribution in [0, 0.1) is 6.92 Å². The molecule has 1 heterocycles. The average Bonchev–Trinajstić information content (AvgIpc) is 2.83. The Kier molecular flexibility index (Phi) is 8.26. The number of sulfonamides is 1. The third-order valence-corrected chi connectivity index (χ3v) is 6.88. The van der Waals surface area contributed by atoms with Crippen molar-refractivity contribution in [3.05, 3.63) is 48.0 Å². The Morgan fingerprint density at radius 3 is 2.36 bits per heavy atom. The lowest BCUT2D eigenvalue weighted by molar-refractivity contribution is -0.149. The summed E-state index contributed by atoms with van der Waals surface area (Å²) in [6, 6.07) is 11.2. The summed E-state index contributed by atoms with van der Waals surface area (Å²) in [5.74, 6) is -0.226. The second-order valence-electron chi connectivity index (χ2n) is 7.17. The van der Waals surface area contributed by atoms with E-state index in [-0.39, 0.29) is 30.3 Å². The average molecular weight is 479 g/mol. The molecule has 1 amide bonds. The van der Waals surface area contributed by atoms with E-state index < -0.39 is 28.5 Å². The molecule has 1 fully saturated rings. The summed E-state index contributed by atoms with van der Waals surface area (Å²) >= 11 is 0. The van der Waals surface area contributed by atoms with Gasteiger partial charge in [-0.3, -0.25) is 4.79 Å². The monoisotopic (exact) mass is 478 g/mol. The van der Waals surface area contributed by atoms with Gasteiger partial charge in [0.25, 0.3) is 5.91 Å². The summed E-state index contributed by atoms with van der Waals surface area (Å²) in [5.41, 5.74) is 0.838. The number of aryl methyl sites for hydroxylation is 1. The summed E-state index contributed by atoms with van der Waals surface area (Å²) in [5, 5.41) is 2.55. The molecule has 0 bridgehead atoms. The number of benzene rings is 2. The van der Waals surface area contributed by atoms with Crippen LogP contribution in [0.25, 0.3) is 0 Å². The molecule has 1 saturated heterocycles. The first-order valence-electron chi connectivity index (χ1n) is 10.2. The Bertz CT molecular complexity index is 1080. The molecular formula is C22H26N2O8S. The fourth-order valence-electron chi connectivity index (χ4n) is 3.08. The molecule has 33 heavy (non-hydrogen) atoms. The van der Waals surface area contributed by atoms with Gasteiger partial charge in [0.1, 0.15) is 11.5 Å². The van der Waals surface area contributed by atoms with E-state index in [1.54, 1.807) is 50.4 Å². The molecule has 0 aliphatic carbocycles. The van der Waals surface area contributed by atoms with Crippen LogP contribution in [0.3, 0.4) is 0 Å². The predicted octanol–water partition coefficient (Wildman–Crippen LogP) is 1.59. The minimum absolute atomic E-state index is 0.104. The Morgan fingerprint density at radius 2 is 1.70 bits per heavy atom. The van der Waals surface area contributed by atoms with Gasteiger partial charge in [-0.05, 0) is 48.9 Å². The van der Waals surface area contributed by atoms with Crippen molar-refractivity contribution in [2.75, 3.05) is 51.9 Å². The van der Waals surface area contributed by atoms with Crippen LogP contribution < -0.4 is 14.8 Å². The van der Waals surface area contributed by atoms with E-state index in [0.717, 1.165) is 0 Å². The number of hydrogen-bond acceptors (Lipinski definition) is 8. The molecular weight excluding hydrogens is 452 g/mol. The van der Waals surface area contributed by atoms with Crippen molar-refractivity contribution in [1.82, 2.24) is 4.31 Å². The van der Waals surface area contributed by atoms with Crippen LogP contribution in [0.15, 0.2) is 47.4 Å². The van der Waals surface area contributed by atoms with Crippen LogP contribution in [-0.4, -0.2) is 71.2 Å². The highest BCUT2D eigenvalue weighted by Crippen LogP contribution is 2.24. The number of hydrogen-bond donors (Lipinski definition) is 1. The van der Waals surface area contributed by atoms with Crippen molar-refractivity contribution in [2.45, 2.75) is 11.8 Å². The quantitative estimate of drug-likeness (QED) is 0.540.